The van der Waals surface area contributed by atoms with E-state index in [4.69, 9.17) is 14.2 Å². The van der Waals surface area contributed by atoms with Crippen LogP contribution in [0, 0.1) is 11.8 Å². The van der Waals surface area contributed by atoms with Gasteiger partial charge in [-0.25, -0.2) is 9.59 Å². The maximum atomic E-state index is 13.8. The monoisotopic (exact) mass is 636 g/mol. The lowest BCUT2D eigenvalue weighted by atomic mass is 9.88. The number of hydrogen-bond donors (Lipinski definition) is 0. The van der Waals surface area contributed by atoms with Gasteiger partial charge in [-0.3, -0.25) is 19.4 Å². The van der Waals surface area contributed by atoms with E-state index in [0.29, 0.717) is 57.8 Å². The molecule has 2 bridgehead atoms. The number of ketones is 2. The Morgan fingerprint density at radius 2 is 1.89 bits per heavy atom. The second kappa shape index (κ2) is 16.3. The summed E-state index contributed by atoms with van der Waals surface area (Å²) in [5.74, 6) is -3.17. The highest BCUT2D eigenvalue weighted by Gasteiger charge is 2.50. The Kier molecular flexibility index (Phi) is 12.4. The van der Waals surface area contributed by atoms with Gasteiger partial charge in [-0.05, 0) is 89.2 Å². The number of fused-ring (bicyclic) bond motifs is 3. The van der Waals surface area contributed by atoms with Crippen LogP contribution in [0.15, 0.2) is 48.8 Å². The number of aryl methyl sites for hydroxylation is 1. The molecule has 10 heteroatoms. The molecule has 10 nitrogen and oxygen atoms in total. The first kappa shape index (κ1) is 35.2. The molecule has 1 amide bonds. The number of carbonyl (C=O) groups is 5. The zero-order valence-corrected chi connectivity index (χ0v) is 27.4. The normalized spacial score (nSPS) is 32.0. The minimum absolute atomic E-state index is 0.0625. The van der Waals surface area contributed by atoms with E-state index in [1.807, 2.05) is 32.1 Å². The number of pyridine rings is 1. The minimum atomic E-state index is -1.50. The van der Waals surface area contributed by atoms with Crippen LogP contribution in [0.1, 0.15) is 90.5 Å². The molecule has 2 saturated heterocycles. The summed E-state index contributed by atoms with van der Waals surface area (Å²) in [4.78, 5) is 72.7. The van der Waals surface area contributed by atoms with Crippen molar-refractivity contribution < 1.29 is 38.2 Å². The van der Waals surface area contributed by atoms with Crippen LogP contribution in [-0.4, -0.2) is 76.3 Å². The van der Waals surface area contributed by atoms with Crippen molar-refractivity contribution in [2.75, 3.05) is 13.2 Å². The summed E-state index contributed by atoms with van der Waals surface area (Å²) in [6.07, 6.45) is 10.6. The molecule has 0 spiro atoms. The number of esters is 2. The highest BCUT2D eigenvalue weighted by Crippen LogP contribution is 2.33. The van der Waals surface area contributed by atoms with Gasteiger partial charge in [0.25, 0.3) is 11.7 Å². The summed E-state index contributed by atoms with van der Waals surface area (Å²) in [5.41, 5.74) is 0.409. The summed E-state index contributed by atoms with van der Waals surface area (Å²) in [6.45, 7) is 9.56. The van der Waals surface area contributed by atoms with E-state index in [1.165, 1.54) is 11.8 Å². The first-order valence-corrected chi connectivity index (χ1v) is 16.6. The molecule has 4 rings (SSSR count). The van der Waals surface area contributed by atoms with Gasteiger partial charge in [0.05, 0.1) is 6.61 Å². The lowest BCUT2D eigenvalue weighted by Gasteiger charge is -2.36. The molecular weight excluding hydrogens is 588 g/mol. The quantitative estimate of drug-likeness (QED) is 0.252. The first-order chi connectivity index (χ1) is 22.0. The van der Waals surface area contributed by atoms with E-state index in [9.17, 15) is 24.0 Å². The summed E-state index contributed by atoms with van der Waals surface area (Å²) < 4.78 is 17.5. The molecule has 3 aliphatic heterocycles. The molecule has 4 unspecified atom stereocenters. The highest BCUT2D eigenvalue weighted by atomic mass is 16.6. The number of rotatable bonds is 5. The Labute approximate surface area is 271 Å². The molecule has 1 aromatic rings. The van der Waals surface area contributed by atoms with Gasteiger partial charge in [0.1, 0.15) is 23.5 Å². The van der Waals surface area contributed by atoms with E-state index in [-0.39, 0.29) is 43.6 Å². The molecule has 3 aliphatic rings. The molecule has 0 saturated carbocycles. The van der Waals surface area contributed by atoms with Crippen molar-refractivity contribution in [3.63, 3.8) is 0 Å². The van der Waals surface area contributed by atoms with Gasteiger partial charge in [-0.2, -0.15) is 0 Å². The van der Waals surface area contributed by atoms with Crippen LogP contribution in [0.3, 0.4) is 0 Å². The summed E-state index contributed by atoms with van der Waals surface area (Å²) in [5, 5.41) is 0. The zero-order chi connectivity index (χ0) is 33.3. The Hall–Kier alpha value is -3.66. The zero-order valence-electron chi connectivity index (χ0n) is 27.4. The largest absolute Gasteiger partial charge is 0.463 e. The van der Waals surface area contributed by atoms with Crippen LogP contribution in [0.25, 0.3) is 0 Å². The van der Waals surface area contributed by atoms with Gasteiger partial charge in [-0.15, -0.1) is 6.58 Å². The van der Waals surface area contributed by atoms with Crippen molar-refractivity contribution in [2.45, 2.75) is 115 Å². The van der Waals surface area contributed by atoms with Gasteiger partial charge < -0.3 is 19.1 Å². The van der Waals surface area contributed by atoms with Crippen molar-refractivity contribution in [3.05, 3.63) is 54.4 Å². The summed E-state index contributed by atoms with van der Waals surface area (Å²) in [7, 11) is 0. The molecule has 4 heterocycles. The molecule has 2 fully saturated rings. The number of amides is 1. The fourth-order valence-corrected chi connectivity index (χ4v) is 6.54. The average Bonchev–Trinajstić information content (AvgIpc) is 3.47. The Balaban J connectivity index is 1.61. The molecule has 46 heavy (non-hydrogen) atoms. The number of aromatic nitrogens is 1. The Bertz CT molecular complexity index is 1310. The third kappa shape index (κ3) is 8.99. The van der Waals surface area contributed by atoms with Crippen LogP contribution < -0.4 is 0 Å². The van der Waals surface area contributed by atoms with Gasteiger partial charge >= 0.3 is 11.9 Å². The van der Waals surface area contributed by atoms with Crippen molar-refractivity contribution in [3.8, 4) is 0 Å². The van der Waals surface area contributed by atoms with Crippen LogP contribution in [-0.2, 0) is 44.6 Å². The van der Waals surface area contributed by atoms with Gasteiger partial charge in [0, 0.05) is 37.7 Å². The third-order valence-corrected chi connectivity index (χ3v) is 9.51. The summed E-state index contributed by atoms with van der Waals surface area (Å²) >= 11 is 0. The first-order valence-electron chi connectivity index (χ1n) is 16.6. The van der Waals surface area contributed by atoms with E-state index in [1.54, 1.807) is 18.5 Å². The average molecular weight is 637 g/mol. The highest BCUT2D eigenvalue weighted by molar-refractivity contribution is 6.39. The minimum Gasteiger partial charge on any atom is -0.463 e. The van der Waals surface area contributed by atoms with Crippen molar-refractivity contribution in [2.24, 2.45) is 11.8 Å². The standard InChI is InChI=1S/C36H48N2O8/c1-5-9-27-22-24(2)17-21-44-35(43)31-16-18-36(4,46-31)32(40)33(41)38-20-7-6-11-28(38)34(42)45-30(25(3)12-14-29(27)39)15-13-26-10-8-19-37-23-26/h5,8,10,19,22-23,25,27-28,30-31H,1,6-7,9,11-18,20-21H2,2-4H3/b24-22+/t25?,27?,28-,30?,31?,36+/m0/s1. The maximum absolute atomic E-state index is 13.8. The molecule has 0 aromatic carbocycles. The lowest BCUT2D eigenvalue weighted by molar-refractivity contribution is -0.171. The predicted molar refractivity (Wildman–Crippen MR) is 170 cm³/mol. The van der Waals surface area contributed by atoms with Crippen LogP contribution in [0.5, 0.6) is 0 Å². The second-order valence-corrected chi connectivity index (χ2v) is 13.1. The molecule has 1 aromatic heterocycles. The Morgan fingerprint density at radius 1 is 1.09 bits per heavy atom. The van der Waals surface area contributed by atoms with Crippen molar-refractivity contribution >= 4 is 29.4 Å². The van der Waals surface area contributed by atoms with Gasteiger partial charge in [0.2, 0.25) is 0 Å². The van der Waals surface area contributed by atoms with Crippen LogP contribution in [0.2, 0.25) is 0 Å². The number of ether oxygens (including phenoxy) is 3. The fraction of sp³-hybridized carbons (Fsp3) is 0.611. The maximum Gasteiger partial charge on any atom is 0.335 e. The molecule has 0 N–H and O–H groups in total. The van der Waals surface area contributed by atoms with Gasteiger partial charge in [-0.1, -0.05) is 30.7 Å². The molecule has 0 radical (unpaired) electrons. The number of hydrogen-bond acceptors (Lipinski definition) is 9. The van der Waals surface area contributed by atoms with E-state index in [2.05, 4.69) is 11.6 Å². The third-order valence-electron chi connectivity index (χ3n) is 9.51. The smallest absolute Gasteiger partial charge is 0.335 e. The van der Waals surface area contributed by atoms with E-state index in [0.717, 1.165) is 11.1 Å². The second-order valence-electron chi connectivity index (χ2n) is 13.1. The number of Topliss-reactive ketones (excluding diaryl/α,β-unsaturated/α-hetero) is 2. The van der Waals surface area contributed by atoms with E-state index < -0.39 is 47.5 Å². The number of piperidine rings is 1. The van der Waals surface area contributed by atoms with Gasteiger partial charge in [0.15, 0.2) is 6.10 Å². The lowest BCUT2D eigenvalue weighted by Crippen LogP contribution is -2.55. The van der Waals surface area contributed by atoms with E-state index >= 15 is 0 Å². The van der Waals surface area contributed by atoms with Crippen LogP contribution in [0.4, 0.5) is 0 Å². The summed E-state index contributed by atoms with van der Waals surface area (Å²) in [6, 6.07) is 2.91. The predicted octanol–water partition coefficient (Wildman–Crippen LogP) is 4.88. The number of cyclic esters (lactones) is 2. The topological polar surface area (TPSA) is 129 Å². The molecule has 0 aliphatic carbocycles. The number of allylic oxidation sites excluding steroid dienone is 2. The molecule has 250 valence electrons. The Morgan fingerprint density at radius 3 is 2.63 bits per heavy atom. The SMILES string of the molecule is C=CCC1/C=C(\C)CCOC(=O)C2CC[C@@](C)(O2)C(=O)C(=O)N2CCCC[C@H]2C(=O)OC(CCc2cccnc2)C(C)CCC1=O. The van der Waals surface area contributed by atoms with Crippen molar-refractivity contribution in [1.82, 2.24) is 9.88 Å². The number of carbonyl (C=O) groups excluding carboxylic acids is 5. The number of nitrogens with zero attached hydrogens (tertiary/aromatic N) is 2. The van der Waals surface area contributed by atoms with Crippen LogP contribution >= 0.6 is 0 Å². The van der Waals surface area contributed by atoms with Crippen molar-refractivity contribution in [1.29, 1.82) is 0 Å². The molecule has 6 atom stereocenters. The molecular formula is C36H48N2O8. The fourth-order valence-electron chi connectivity index (χ4n) is 6.54.